The summed E-state index contributed by atoms with van der Waals surface area (Å²) in [7, 11) is 0. The van der Waals surface area contributed by atoms with Crippen molar-refractivity contribution in [2.24, 2.45) is 0 Å². The minimum Gasteiger partial charge on any atom is -0.492 e. The molecule has 0 bridgehead atoms. The smallest absolute Gasteiger partial charge is 0.416 e. The Morgan fingerprint density at radius 1 is 0.886 bits per heavy atom. The molecule has 44 heavy (non-hydrogen) atoms. The van der Waals surface area contributed by atoms with E-state index in [1.807, 2.05) is 0 Å². The number of amides is 1. The van der Waals surface area contributed by atoms with Crippen molar-refractivity contribution in [2.45, 2.75) is 38.7 Å². The fourth-order valence-corrected chi connectivity index (χ4v) is 4.61. The van der Waals surface area contributed by atoms with Crippen LogP contribution in [-0.2, 0) is 33.5 Å². The molecule has 0 aliphatic rings. The maximum Gasteiger partial charge on any atom is 0.416 e. The standard InChI is InChI=1S/C31H32Cl2F3NO7/c1-2-42-28(29(38)39)18-21-4-8-26(9-5-21)43-15-13-37(12-3-14-41-20-22-16-24(32)19-25(33)17-22)30(40)44-27-10-6-23(7-11-27)31(34,35)36/h4-11,16-17,19,28H,2-3,12-15,18,20H2,1H3,(H,38,39). The lowest BCUT2D eigenvalue weighted by molar-refractivity contribution is -0.150. The zero-order valence-corrected chi connectivity index (χ0v) is 25.3. The van der Waals surface area contributed by atoms with Crippen LogP contribution in [0.5, 0.6) is 11.5 Å². The number of halogens is 5. The van der Waals surface area contributed by atoms with Crippen LogP contribution in [0.25, 0.3) is 0 Å². The molecule has 8 nitrogen and oxygen atoms in total. The Balaban J connectivity index is 1.56. The number of carbonyl (C=O) groups excluding carboxylic acids is 1. The van der Waals surface area contributed by atoms with Crippen LogP contribution in [0.4, 0.5) is 18.0 Å². The van der Waals surface area contributed by atoms with Gasteiger partial charge in [-0.1, -0.05) is 35.3 Å². The highest BCUT2D eigenvalue weighted by Crippen LogP contribution is 2.30. The molecule has 0 aliphatic carbocycles. The minimum atomic E-state index is -4.51. The number of hydrogen-bond donors (Lipinski definition) is 1. The van der Waals surface area contributed by atoms with Gasteiger partial charge >= 0.3 is 18.2 Å². The third-order valence-corrected chi connectivity index (χ3v) is 6.61. The maximum atomic E-state index is 12.9. The molecule has 0 heterocycles. The molecular formula is C31H32Cl2F3NO7. The maximum absolute atomic E-state index is 12.9. The van der Waals surface area contributed by atoms with Crippen molar-refractivity contribution in [2.75, 3.05) is 32.9 Å². The predicted molar refractivity (Wildman–Crippen MR) is 158 cm³/mol. The molecular weight excluding hydrogens is 626 g/mol. The molecule has 13 heteroatoms. The average molecular weight is 658 g/mol. The summed E-state index contributed by atoms with van der Waals surface area (Å²) in [5.74, 6) is -0.586. The molecule has 3 aromatic carbocycles. The van der Waals surface area contributed by atoms with Crippen LogP contribution in [0.1, 0.15) is 30.0 Å². The number of hydrogen-bond acceptors (Lipinski definition) is 6. The van der Waals surface area contributed by atoms with Gasteiger partial charge in [0.1, 0.15) is 18.1 Å². The van der Waals surface area contributed by atoms with E-state index in [9.17, 15) is 27.9 Å². The number of alkyl halides is 3. The summed E-state index contributed by atoms with van der Waals surface area (Å²) in [5.41, 5.74) is 0.680. The van der Waals surface area contributed by atoms with Crippen molar-refractivity contribution in [1.29, 1.82) is 0 Å². The van der Waals surface area contributed by atoms with Gasteiger partial charge < -0.3 is 29.0 Å². The number of ether oxygens (including phenoxy) is 4. The van der Waals surface area contributed by atoms with Gasteiger partial charge in [0.15, 0.2) is 6.10 Å². The molecule has 0 saturated heterocycles. The number of aliphatic carboxylic acids is 1. The van der Waals surface area contributed by atoms with Crippen molar-refractivity contribution in [3.63, 3.8) is 0 Å². The minimum absolute atomic E-state index is 0.0368. The number of carboxylic acids is 1. The summed E-state index contributed by atoms with van der Waals surface area (Å²) in [5, 5.41) is 10.2. The molecule has 0 aliphatic heterocycles. The summed E-state index contributed by atoms with van der Waals surface area (Å²) in [6.45, 7) is 2.95. The normalized spacial score (nSPS) is 12.0. The van der Waals surface area contributed by atoms with Crippen molar-refractivity contribution in [1.82, 2.24) is 4.90 Å². The second kappa shape index (κ2) is 17.1. The van der Waals surface area contributed by atoms with E-state index in [0.717, 1.165) is 35.4 Å². The molecule has 1 atom stereocenters. The predicted octanol–water partition coefficient (Wildman–Crippen LogP) is 7.53. The van der Waals surface area contributed by atoms with Crippen LogP contribution in [0, 0.1) is 0 Å². The third kappa shape index (κ3) is 11.9. The molecule has 3 rings (SSSR count). The van der Waals surface area contributed by atoms with Gasteiger partial charge in [0, 0.05) is 36.2 Å². The zero-order valence-electron chi connectivity index (χ0n) is 23.8. The van der Waals surface area contributed by atoms with Gasteiger partial charge in [0.05, 0.1) is 18.7 Å². The van der Waals surface area contributed by atoms with Gasteiger partial charge in [-0.05, 0) is 79.1 Å². The molecule has 0 spiro atoms. The lowest BCUT2D eigenvalue weighted by Gasteiger charge is -2.22. The lowest BCUT2D eigenvalue weighted by atomic mass is 10.1. The third-order valence-electron chi connectivity index (χ3n) is 6.17. The van der Waals surface area contributed by atoms with Crippen molar-refractivity contribution >= 4 is 35.3 Å². The number of carbonyl (C=O) groups is 2. The second-order valence-electron chi connectivity index (χ2n) is 9.54. The monoisotopic (exact) mass is 657 g/mol. The summed E-state index contributed by atoms with van der Waals surface area (Å²) < 4.78 is 60.7. The zero-order chi connectivity index (χ0) is 32.1. The lowest BCUT2D eigenvalue weighted by Crippen LogP contribution is -2.38. The van der Waals surface area contributed by atoms with Crippen LogP contribution in [0.3, 0.4) is 0 Å². The van der Waals surface area contributed by atoms with Crippen LogP contribution >= 0.6 is 23.2 Å². The van der Waals surface area contributed by atoms with Gasteiger partial charge in [-0.15, -0.1) is 0 Å². The Hall–Kier alpha value is -3.51. The number of benzene rings is 3. The van der Waals surface area contributed by atoms with Crippen LogP contribution in [0.2, 0.25) is 10.0 Å². The number of nitrogens with zero attached hydrogens (tertiary/aromatic N) is 1. The van der Waals surface area contributed by atoms with E-state index in [1.165, 1.54) is 4.90 Å². The van der Waals surface area contributed by atoms with Crippen LogP contribution in [0.15, 0.2) is 66.7 Å². The van der Waals surface area contributed by atoms with Gasteiger partial charge in [-0.3, -0.25) is 0 Å². The molecule has 0 aromatic heterocycles. The molecule has 1 amide bonds. The Morgan fingerprint density at radius 2 is 1.52 bits per heavy atom. The molecule has 0 saturated carbocycles. The second-order valence-corrected chi connectivity index (χ2v) is 10.4. The fourth-order valence-electron chi connectivity index (χ4n) is 4.04. The largest absolute Gasteiger partial charge is 0.492 e. The molecule has 1 N–H and O–H groups in total. The van der Waals surface area contributed by atoms with Crippen molar-refractivity contribution in [3.8, 4) is 11.5 Å². The number of carboxylic acid groups (broad SMARTS) is 1. The van der Waals surface area contributed by atoms with E-state index in [2.05, 4.69) is 0 Å². The molecule has 0 fully saturated rings. The van der Waals surface area contributed by atoms with Gasteiger partial charge in [0.2, 0.25) is 0 Å². The van der Waals surface area contributed by atoms with Gasteiger partial charge in [-0.25, -0.2) is 9.59 Å². The highest BCUT2D eigenvalue weighted by Gasteiger charge is 2.30. The topological polar surface area (TPSA) is 94.5 Å². The number of rotatable bonds is 16. The summed E-state index contributed by atoms with van der Waals surface area (Å²) >= 11 is 12.0. The first-order valence-corrected chi connectivity index (χ1v) is 14.4. The van der Waals surface area contributed by atoms with E-state index < -0.39 is 29.9 Å². The van der Waals surface area contributed by atoms with Gasteiger partial charge in [-0.2, -0.15) is 13.2 Å². The summed E-state index contributed by atoms with van der Waals surface area (Å²) in [6, 6.07) is 15.7. The average Bonchev–Trinajstić information content (AvgIpc) is 2.96. The highest BCUT2D eigenvalue weighted by atomic mass is 35.5. The van der Waals surface area contributed by atoms with Crippen molar-refractivity contribution in [3.05, 3.63) is 93.5 Å². The van der Waals surface area contributed by atoms with E-state index in [0.29, 0.717) is 22.2 Å². The van der Waals surface area contributed by atoms with Crippen molar-refractivity contribution < 1.29 is 46.8 Å². The van der Waals surface area contributed by atoms with E-state index in [-0.39, 0.29) is 51.7 Å². The summed E-state index contributed by atoms with van der Waals surface area (Å²) in [6.07, 6.45) is -5.61. The Kier molecular flexibility index (Phi) is 13.6. The Morgan fingerprint density at radius 3 is 2.11 bits per heavy atom. The molecule has 0 radical (unpaired) electrons. The SMILES string of the molecule is CCOC(Cc1ccc(OCCN(CCCOCc2cc(Cl)cc(Cl)c2)C(=O)Oc2ccc(C(F)(F)F)cc2)cc1)C(=O)O. The quantitative estimate of drug-likeness (QED) is 0.159. The fraction of sp³-hybridized carbons (Fsp3) is 0.355. The van der Waals surface area contributed by atoms with Crippen LogP contribution in [-0.4, -0.2) is 61.1 Å². The highest BCUT2D eigenvalue weighted by molar-refractivity contribution is 6.34. The Bertz CT molecular complexity index is 1340. The van der Waals surface area contributed by atoms with E-state index in [4.69, 9.17) is 42.1 Å². The van der Waals surface area contributed by atoms with Gasteiger partial charge in [0.25, 0.3) is 0 Å². The van der Waals surface area contributed by atoms with Crippen LogP contribution < -0.4 is 9.47 Å². The van der Waals surface area contributed by atoms with E-state index in [1.54, 1.807) is 49.4 Å². The molecule has 3 aromatic rings. The Labute approximate surface area is 263 Å². The molecule has 1 unspecified atom stereocenters. The van der Waals surface area contributed by atoms with E-state index >= 15 is 0 Å². The summed E-state index contributed by atoms with van der Waals surface area (Å²) in [4.78, 5) is 25.7. The first kappa shape index (κ1) is 35.0. The first-order valence-electron chi connectivity index (χ1n) is 13.7. The molecule has 238 valence electrons. The first-order chi connectivity index (χ1) is 20.9.